The first-order valence-electron chi connectivity index (χ1n) is 5.98. The maximum Gasteiger partial charge on any atom is 0.326 e. The van der Waals surface area contributed by atoms with E-state index < -0.39 is 24.4 Å². The van der Waals surface area contributed by atoms with Crippen molar-refractivity contribution >= 4 is 11.9 Å². The monoisotopic (exact) mass is 269 g/mol. The van der Waals surface area contributed by atoms with E-state index in [-0.39, 0.29) is 25.0 Å². The Morgan fingerprint density at radius 3 is 3.00 bits per heavy atom. The van der Waals surface area contributed by atoms with Gasteiger partial charge in [-0.1, -0.05) is 12.0 Å². The van der Waals surface area contributed by atoms with Crippen LogP contribution in [-0.2, 0) is 9.53 Å². The maximum atomic E-state index is 11.7. The third kappa shape index (κ3) is 2.62. The lowest BCUT2D eigenvalue weighted by atomic mass is 10.1. The summed E-state index contributed by atoms with van der Waals surface area (Å²) in [5.41, 5.74) is 8.45. The van der Waals surface area contributed by atoms with Crippen LogP contribution in [0.5, 0.6) is 0 Å². The van der Waals surface area contributed by atoms with Crippen LogP contribution in [-0.4, -0.2) is 53.5 Å². The number of nitrogens with one attached hydrogen (secondary N) is 1. The van der Waals surface area contributed by atoms with Gasteiger partial charge in [0.15, 0.2) is 0 Å². The number of aliphatic hydroxyl groups is 1. The third-order valence-corrected chi connectivity index (χ3v) is 3.34. The first kappa shape index (κ1) is 13.6. The third-order valence-electron chi connectivity index (χ3n) is 3.34. The predicted octanol–water partition coefficient (Wildman–Crippen LogP) is -0.0395. The van der Waals surface area contributed by atoms with Crippen molar-refractivity contribution in [3.8, 4) is 0 Å². The number of hydrogen-bond acceptors (Lipinski definition) is 5. The molecule has 0 aromatic heterocycles. The molecule has 0 saturated carbocycles. The molecule has 2 N–H and O–H groups in total. The average molecular weight is 269 g/mol. The van der Waals surface area contributed by atoms with Crippen LogP contribution in [0.4, 0.5) is 4.79 Å². The number of hydrogen-bond donors (Lipinski definition) is 2. The molecule has 9 heteroatoms. The number of carbonyl (C=O) groups is 2. The average Bonchev–Trinajstić information content (AvgIpc) is 2.77. The Morgan fingerprint density at radius 2 is 2.37 bits per heavy atom. The van der Waals surface area contributed by atoms with Crippen LogP contribution in [0.15, 0.2) is 5.11 Å². The first-order chi connectivity index (χ1) is 9.06. The number of nitrogens with zero attached hydrogens (tertiary/aromatic N) is 4. The molecule has 3 amide bonds. The van der Waals surface area contributed by atoms with Crippen LogP contribution >= 0.6 is 0 Å². The van der Waals surface area contributed by atoms with Gasteiger partial charge in [0.2, 0.25) is 5.91 Å². The smallest absolute Gasteiger partial charge is 0.326 e. The number of amides is 3. The van der Waals surface area contributed by atoms with Crippen LogP contribution in [0.1, 0.15) is 13.3 Å². The summed E-state index contributed by atoms with van der Waals surface area (Å²) in [6.45, 7) is 1.67. The molecule has 104 valence electrons. The maximum absolute atomic E-state index is 11.7. The predicted molar refractivity (Wildman–Crippen MR) is 62.7 cm³/mol. The van der Waals surface area contributed by atoms with Gasteiger partial charge in [-0.3, -0.25) is 15.0 Å². The molecular formula is C10H15N5O4. The highest BCUT2D eigenvalue weighted by Gasteiger charge is 2.42. The van der Waals surface area contributed by atoms with Gasteiger partial charge in [-0.25, -0.2) is 4.79 Å². The van der Waals surface area contributed by atoms with E-state index in [1.54, 1.807) is 6.92 Å². The molecule has 0 aromatic carbocycles. The molecule has 2 aliphatic rings. The van der Waals surface area contributed by atoms with E-state index in [0.717, 1.165) is 0 Å². The Hall–Kier alpha value is -1.83. The van der Waals surface area contributed by atoms with Gasteiger partial charge in [0.1, 0.15) is 6.23 Å². The number of urea groups is 1. The highest BCUT2D eigenvalue weighted by molar-refractivity contribution is 5.97. The fourth-order valence-electron chi connectivity index (χ4n) is 2.27. The Bertz CT molecular complexity index is 436. The topological polar surface area (TPSA) is 128 Å². The molecule has 4 atom stereocenters. The number of imide groups is 1. The minimum atomic E-state index is -0.623. The van der Waals surface area contributed by atoms with Gasteiger partial charge in [-0.05, 0) is 5.53 Å². The summed E-state index contributed by atoms with van der Waals surface area (Å²) in [7, 11) is 0. The molecule has 9 nitrogen and oxygen atoms in total. The Morgan fingerprint density at radius 1 is 1.63 bits per heavy atom. The van der Waals surface area contributed by atoms with Crippen molar-refractivity contribution < 1.29 is 19.4 Å². The van der Waals surface area contributed by atoms with Crippen molar-refractivity contribution in [2.24, 2.45) is 11.0 Å². The fourth-order valence-corrected chi connectivity index (χ4v) is 2.27. The Kier molecular flexibility index (Phi) is 3.89. The molecule has 0 aromatic rings. The van der Waals surface area contributed by atoms with E-state index in [1.807, 2.05) is 0 Å². The van der Waals surface area contributed by atoms with Crippen molar-refractivity contribution in [3.63, 3.8) is 0 Å². The van der Waals surface area contributed by atoms with Gasteiger partial charge in [0.25, 0.3) is 0 Å². The Labute approximate surface area is 109 Å². The summed E-state index contributed by atoms with van der Waals surface area (Å²) < 4.78 is 5.51. The van der Waals surface area contributed by atoms with E-state index in [9.17, 15) is 9.59 Å². The number of carbonyl (C=O) groups excluding carboxylic acids is 2. The van der Waals surface area contributed by atoms with Crippen molar-refractivity contribution in [1.82, 2.24) is 10.2 Å². The quantitative estimate of drug-likeness (QED) is 0.423. The molecule has 2 fully saturated rings. The van der Waals surface area contributed by atoms with E-state index in [2.05, 4.69) is 15.3 Å². The molecule has 2 heterocycles. The lowest BCUT2D eigenvalue weighted by Crippen LogP contribution is -2.57. The summed E-state index contributed by atoms with van der Waals surface area (Å²) in [6, 6.07) is -1.04. The zero-order valence-corrected chi connectivity index (χ0v) is 10.4. The van der Waals surface area contributed by atoms with Crippen LogP contribution in [0, 0.1) is 5.92 Å². The van der Waals surface area contributed by atoms with Crippen molar-refractivity contribution in [2.75, 3.05) is 13.2 Å². The van der Waals surface area contributed by atoms with Gasteiger partial charge < -0.3 is 9.84 Å². The molecule has 0 radical (unpaired) electrons. The van der Waals surface area contributed by atoms with Crippen molar-refractivity contribution in [2.45, 2.75) is 31.7 Å². The first-order valence-corrected chi connectivity index (χ1v) is 5.98. The second kappa shape index (κ2) is 5.43. The van der Waals surface area contributed by atoms with E-state index in [4.69, 9.17) is 15.4 Å². The minimum absolute atomic E-state index is 0.246. The molecule has 0 aliphatic carbocycles. The number of rotatable bonds is 3. The molecule has 1 unspecified atom stereocenters. The zero-order chi connectivity index (χ0) is 14.0. The Balaban J connectivity index is 2.08. The van der Waals surface area contributed by atoms with Crippen LogP contribution in [0.2, 0.25) is 0 Å². The molecule has 2 saturated heterocycles. The van der Waals surface area contributed by atoms with Crippen molar-refractivity contribution in [3.05, 3.63) is 10.4 Å². The van der Waals surface area contributed by atoms with Gasteiger partial charge >= 0.3 is 6.03 Å². The summed E-state index contributed by atoms with van der Waals surface area (Å²) in [5, 5.41) is 14.9. The fraction of sp³-hybridized carbons (Fsp3) is 0.800. The lowest BCUT2D eigenvalue weighted by Gasteiger charge is -2.34. The summed E-state index contributed by atoms with van der Waals surface area (Å²) in [5.74, 6) is -0.642. The molecule has 0 spiro atoms. The highest BCUT2D eigenvalue weighted by atomic mass is 16.5. The van der Waals surface area contributed by atoms with Gasteiger partial charge in [0, 0.05) is 17.9 Å². The van der Waals surface area contributed by atoms with E-state index >= 15 is 0 Å². The van der Waals surface area contributed by atoms with Crippen LogP contribution in [0.3, 0.4) is 0 Å². The summed E-state index contributed by atoms with van der Waals surface area (Å²) in [6.07, 6.45) is -0.909. The van der Waals surface area contributed by atoms with Crippen LogP contribution in [0.25, 0.3) is 10.4 Å². The number of ether oxygens (including phenoxy) is 1. The summed E-state index contributed by atoms with van der Waals surface area (Å²) >= 11 is 0. The van der Waals surface area contributed by atoms with Gasteiger partial charge in [0.05, 0.1) is 24.7 Å². The number of aliphatic hydroxyl groups excluding tert-OH is 1. The summed E-state index contributed by atoms with van der Waals surface area (Å²) in [4.78, 5) is 27.2. The molecule has 2 aliphatic heterocycles. The van der Waals surface area contributed by atoms with Gasteiger partial charge in [-0.2, -0.15) is 0 Å². The minimum Gasteiger partial charge on any atom is -0.394 e. The lowest BCUT2D eigenvalue weighted by molar-refractivity contribution is -0.128. The molecular weight excluding hydrogens is 254 g/mol. The van der Waals surface area contributed by atoms with E-state index in [0.29, 0.717) is 6.42 Å². The second-order valence-electron chi connectivity index (χ2n) is 4.67. The van der Waals surface area contributed by atoms with E-state index in [1.165, 1.54) is 4.90 Å². The normalized spacial score (nSPS) is 34.9. The molecule has 2 rings (SSSR count). The molecule has 19 heavy (non-hydrogen) atoms. The van der Waals surface area contributed by atoms with Crippen LogP contribution < -0.4 is 5.32 Å². The molecule has 0 bridgehead atoms. The standard InChI is InChI=1S/C10H15N5O4/c1-5-3-15(10(18)12-9(5)17)8-2-6(13-14-11)7(4-16)19-8/h5-8,16H,2-4H2,1H3,(H,12,17,18)/t5?,6-,7+,8-/m0/s1. The zero-order valence-electron chi connectivity index (χ0n) is 10.4. The number of azide groups is 1. The van der Waals surface area contributed by atoms with Crippen molar-refractivity contribution in [1.29, 1.82) is 0 Å². The highest BCUT2D eigenvalue weighted by Crippen LogP contribution is 2.27. The second-order valence-corrected chi connectivity index (χ2v) is 4.67. The van der Waals surface area contributed by atoms with Gasteiger partial charge in [-0.15, -0.1) is 0 Å². The SMILES string of the molecule is CC1CN([C@@H]2C[C@H](N=[N+]=[N-])[C@@H](CO)O2)C(=O)NC1=O. The largest absolute Gasteiger partial charge is 0.394 e.